The van der Waals surface area contributed by atoms with Gasteiger partial charge in [-0.2, -0.15) is 0 Å². The molecule has 7 heteroatoms. The van der Waals surface area contributed by atoms with Gasteiger partial charge in [0.1, 0.15) is 5.58 Å². The maximum atomic E-state index is 12.0. The van der Waals surface area contributed by atoms with Crippen LogP contribution in [-0.2, 0) is 11.5 Å². The van der Waals surface area contributed by atoms with Crippen LogP contribution in [0, 0.1) is 0 Å². The van der Waals surface area contributed by atoms with Crippen LogP contribution in [0.2, 0.25) is 0 Å². The Morgan fingerprint density at radius 2 is 1.88 bits per heavy atom. The number of hydrogen-bond donors (Lipinski definition) is 1. The van der Waals surface area contributed by atoms with Crippen LogP contribution < -0.4 is 11.4 Å². The van der Waals surface area contributed by atoms with E-state index in [2.05, 4.69) is 10.2 Å². The number of nitrogens with two attached hydrogens (primary N) is 1. The lowest BCUT2D eigenvalue weighted by atomic mass is 10.0. The van der Waals surface area contributed by atoms with Crippen molar-refractivity contribution in [3.05, 3.63) is 64.3 Å². The van der Waals surface area contributed by atoms with Gasteiger partial charge in [-0.1, -0.05) is 41.5 Å². The van der Waals surface area contributed by atoms with Crippen LogP contribution >= 0.6 is 11.8 Å². The summed E-state index contributed by atoms with van der Waals surface area (Å²) in [4.78, 5) is 12.0. The summed E-state index contributed by atoms with van der Waals surface area (Å²) in [6.45, 7) is 0. The van der Waals surface area contributed by atoms with E-state index < -0.39 is 0 Å². The van der Waals surface area contributed by atoms with E-state index in [9.17, 15) is 4.79 Å². The number of nitrogen functional groups attached to an aromatic ring is 1. The highest BCUT2D eigenvalue weighted by Crippen LogP contribution is 2.28. The van der Waals surface area contributed by atoms with E-state index in [0.717, 1.165) is 21.7 Å². The molecule has 0 aliphatic heterocycles. The number of anilines is 1. The third-order valence-corrected chi connectivity index (χ3v) is 4.65. The van der Waals surface area contributed by atoms with Crippen LogP contribution in [0.1, 0.15) is 11.5 Å². The molecule has 0 spiro atoms. The SMILES string of the molecule is Nc1nnc(CSCc2cc(=O)oc3c2ccc2ccccc23)o1. The third kappa shape index (κ3) is 2.74. The monoisotopic (exact) mass is 339 g/mol. The van der Waals surface area contributed by atoms with Gasteiger partial charge >= 0.3 is 11.6 Å². The summed E-state index contributed by atoms with van der Waals surface area (Å²) in [6, 6.07) is 13.5. The minimum Gasteiger partial charge on any atom is -0.422 e. The molecular weight excluding hydrogens is 326 g/mol. The van der Waals surface area contributed by atoms with Gasteiger partial charge in [0.2, 0.25) is 5.89 Å². The average molecular weight is 339 g/mol. The second-order valence-corrected chi connectivity index (χ2v) is 6.27. The third-order valence-electron chi connectivity index (χ3n) is 3.69. The molecule has 0 bridgehead atoms. The molecule has 0 aliphatic carbocycles. The first-order valence-corrected chi connectivity index (χ1v) is 8.46. The number of thioether (sulfide) groups is 1. The standard InChI is InChI=1S/C17H13N3O3S/c18-17-20-19-14(22-17)9-24-8-11-7-15(21)23-16-12-4-2-1-3-10(12)5-6-13(11)16/h1-7H,8-9H2,(H2,18,20). The molecule has 0 saturated heterocycles. The van der Waals surface area contributed by atoms with Gasteiger partial charge in [-0.15, -0.1) is 16.9 Å². The maximum Gasteiger partial charge on any atom is 0.336 e. The molecule has 0 saturated carbocycles. The fourth-order valence-corrected chi connectivity index (χ4v) is 3.50. The van der Waals surface area contributed by atoms with Crippen LogP contribution in [-0.4, -0.2) is 10.2 Å². The number of fused-ring (bicyclic) bond motifs is 3. The second kappa shape index (κ2) is 6.01. The van der Waals surface area contributed by atoms with E-state index in [1.807, 2.05) is 36.4 Å². The van der Waals surface area contributed by atoms with Crippen LogP contribution in [0.3, 0.4) is 0 Å². The van der Waals surface area contributed by atoms with Crippen molar-refractivity contribution in [3.8, 4) is 0 Å². The Bertz CT molecular complexity index is 1090. The molecule has 2 aromatic carbocycles. The van der Waals surface area contributed by atoms with Gasteiger partial charge in [0, 0.05) is 22.6 Å². The van der Waals surface area contributed by atoms with Gasteiger partial charge in [0.15, 0.2) is 0 Å². The first-order chi connectivity index (χ1) is 11.7. The Kier molecular flexibility index (Phi) is 3.70. The average Bonchev–Trinajstić information content (AvgIpc) is 3.00. The molecule has 0 fully saturated rings. The fraction of sp³-hybridized carbons (Fsp3) is 0.118. The number of hydrogen-bond acceptors (Lipinski definition) is 7. The largest absolute Gasteiger partial charge is 0.422 e. The van der Waals surface area contributed by atoms with Crippen LogP contribution in [0.15, 0.2) is 56.1 Å². The summed E-state index contributed by atoms with van der Waals surface area (Å²) in [6.07, 6.45) is 0. The Balaban J connectivity index is 1.69. The van der Waals surface area contributed by atoms with Crippen LogP contribution in [0.5, 0.6) is 0 Å². The number of benzene rings is 2. The summed E-state index contributed by atoms with van der Waals surface area (Å²) < 4.78 is 10.6. The van der Waals surface area contributed by atoms with Crippen molar-refractivity contribution in [1.82, 2.24) is 10.2 Å². The van der Waals surface area contributed by atoms with E-state index in [1.165, 1.54) is 6.07 Å². The Hall–Kier alpha value is -2.80. The maximum absolute atomic E-state index is 12.0. The molecule has 0 atom stereocenters. The molecular formula is C17H13N3O3S. The normalized spacial score (nSPS) is 11.3. The summed E-state index contributed by atoms with van der Waals surface area (Å²) in [5, 5.41) is 10.4. The van der Waals surface area contributed by atoms with Crippen molar-refractivity contribution >= 4 is 39.5 Å². The van der Waals surface area contributed by atoms with Crippen molar-refractivity contribution in [2.24, 2.45) is 0 Å². The topological polar surface area (TPSA) is 95.2 Å². The summed E-state index contributed by atoms with van der Waals surface area (Å²) in [5.74, 6) is 1.62. The van der Waals surface area contributed by atoms with E-state index in [-0.39, 0.29) is 11.6 Å². The van der Waals surface area contributed by atoms with Gasteiger partial charge in [-0.05, 0) is 10.9 Å². The summed E-state index contributed by atoms with van der Waals surface area (Å²) >= 11 is 1.57. The van der Waals surface area contributed by atoms with E-state index in [1.54, 1.807) is 11.8 Å². The number of nitrogens with zero attached hydrogens (tertiary/aromatic N) is 2. The molecule has 0 unspecified atom stereocenters. The quantitative estimate of drug-likeness (QED) is 0.450. The molecule has 6 nitrogen and oxygen atoms in total. The Labute approximate surface area is 140 Å². The minimum atomic E-state index is -0.350. The first-order valence-electron chi connectivity index (χ1n) is 7.31. The highest BCUT2D eigenvalue weighted by Gasteiger charge is 2.10. The molecule has 0 amide bonds. The molecule has 2 N–H and O–H groups in total. The molecule has 2 aromatic heterocycles. The van der Waals surface area contributed by atoms with Crippen molar-refractivity contribution in [2.75, 3.05) is 5.73 Å². The van der Waals surface area contributed by atoms with Crippen LogP contribution in [0.25, 0.3) is 21.7 Å². The Morgan fingerprint density at radius 1 is 1.00 bits per heavy atom. The molecule has 4 aromatic rings. The molecule has 24 heavy (non-hydrogen) atoms. The highest BCUT2D eigenvalue weighted by molar-refractivity contribution is 7.97. The minimum absolute atomic E-state index is 0.0582. The van der Waals surface area contributed by atoms with E-state index in [4.69, 9.17) is 14.6 Å². The fourth-order valence-electron chi connectivity index (χ4n) is 2.65. The van der Waals surface area contributed by atoms with Crippen molar-refractivity contribution < 1.29 is 8.83 Å². The smallest absolute Gasteiger partial charge is 0.336 e. The summed E-state index contributed by atoms with van der Waals surface area (Å²) in [7, 11) is 0. The highest BCUT2D eigenvalue weighted by atomic mass is 32.2. The van der Waals surface area contributed by atoms with Crippen molar-refractivity contribution in [1.29, 1.82) is 0 Å². The molecule has 120 valence electrons. The number of aromatic nitrogens is 2. The summed E-state index contributed by atoms with van der Waals surface area (Å²) in [5.41, 5.74) is 6.60. The predicted octanol–water partition coefficient (Wildman–Crippen LogP) is 3.34. The van der Waals surface area contributed by atoms with E-state index in [0.29, 0.717) is 23.0 Å². The lowest BCUT2D eigenvalue weighted by Crippen LogP contribution is -2.00. The number of rotatable bonds is 4. The Morgan fingerprint density at radius 3 is 2.71 bits per heavy atom. The van der Waals surface area contributed by atoms with Gasteiger partial charge in [-0.25, -0.2) is 4.79 Å². The van der Waals surface area contributed by atoms with Crippen LogP contribution in [0.4, 0.5) is 6.01 Å². The predicted molar refractivity (Wildman–Crippen MR) is 93.7 cm³/mol. The molecule has 0 aliphatic rings. The molecule has 2 heterocycles. The van der Waals surface area contributed by atoms with Gasteiger partial charge in [-0.3, -0.25) is 0 Å². The lowest BCUT2D eigenvalue weighted by molar-refractivity contribution is 0.533. The zero-order chi connectivity index (χ0) is 16.5. The molecule has 0 radical (unpaired) electrons. The first kappa shape index (κ1) is 14.8. The zero-order valence-electron chi connectivity index (χ0n) is 12.6. The van der Waals surface area contributed by atoms with Gasteiger partial charge in [0.25, 0.3) is 0 Å². The van der Waals surface area contributed by atoms with E-state index >= 15 is 0 Å². The second-order valence-electron chi connectivity index (χ2n) is 5.28. The van der Waals surface area contributed by atoms with Gasteiger partial charge in [0.05, 0.1) is 5.75 Å². The molecule has 4 rings (SSSR count). The lowest BCUT2D eigenvalue weighted by Gasteiger charge is -2.07. The van der Waals surface area contributed by atoms with Crippen molar-refractivity contribution in [2.45, 2.75) is 11.5 Å². The zero-order valence-corrected chi connectivity index (χ0v) is 13.4. The van der Waals surface area contributed by atoms with Crippen molar-refractivity contribution in [3.63, 3.8) is 0 Å². The van der Waals surface area contributed by atoms with Gasteiger partial charge < -0.3 is 14.6 Å².